The largest absolute Gasteiger partial charge is 0.389 e. The number of aliphatic hydroxyl groups is 1. The molecule has 0 saturated carbocycles. The first-order valence-corrected chi connectivity index (χ1v) is 8.57. The van der Waals surface area contributed by atoms with Gasteiger partial charge in [-0.25, -0.2) is 0 Å². The van der Waals surface area contributed by atoms with Crippen molar-refractivity contribution in [3.63, 3.8) is 0 Å². The van der Waals surface area contributed by atoms with Crippen LogP contribution in [-0.2, 0) is 6.42 Å². The van der Waals surface area contributed by atoms with E-state index in [1.54, 1.807) is 11.3 Å². The van der Waals surface area contributed by atoms with Crippen molar-refractivity contribution in [1.29, 1.82) is 0 Å². The molecule has 4 heteroatoms. The summed E-state index contributed by atoms with van der Waals surface area (Å²) >= 11 is 5.19. The maximum Gasteiger partial charge on any atom is 0.0729 e. The number of benzene rings is 1. The summed E-state index contributed by atoms with van der Waals surface area (Å²) in [4.78, 5) is 3.62. The van der Waals surface area contributed by atoms with Crippen molar-refractivity contribution in [3.8, 4) is 0 Å². The highest BCUT2D eigenvalue weighted by Crippen LogP contribution is 2.31. The van der Waals surface area contributed by atoms with Gasteiger partial charge in [0.1, 0.15) is 0 Å². The second-order valence-electron chi connectivity index (χ2n) is 5.45. The van der Waals surface area contributed by atoms with Crippen molar-refractivity contribution in [2.75, 3.05) is 18.0 Å². The highest BCUT2D eigenvalue weighted by molar-refractivity contribution is 9.10. The van der Waals surface area contributed by atoms with Crippen molar-refractivity contribution in [2.24, 2.45) is 0 Å². The van der Waals surface area contributed by atoms with E-state index in [0.717, 1.165) is 36.8 Å². The maximum absolute atomic E-state index is 10.8. The normalized spacial score (nSPS) is 18.2. The number of thiophene rings is 1. The average Bonchev–Trinajstić information content (AvgIpc) is 2.85. The van der Waals surface area contributed by atoms with Crippen molar-refractivity contribution in [1.82, 2.24) is 0 Å². The fourth-order valence-electron chi connectivity index (χ4n) is 2.77. The lowest BCUT2D eigenvalue weighted by molar-refractivity contribution is 0.0173. The number of hydrogen-bond donors (Lipinski definition) is 1. The predicted octanol–water partition coefficient (Wildman–Crippen LogP) is 4.08. The average molecular weight is 352 g/mol. The molecule has 0 aliphatic carbocycles. The first kappa shape index (κ1) is 14.1. The van der Waals surface area contributed by atoms with E-state index in [1.807, 2.05) is 6.07 Å². The van der Waals surface area contributed by atoms with Crippen molar-refractivity contribution >= 4 is 33.0 Å². The van der Waals surface area contributed by atoms with Crippen LogP contribution in [0.25, 0.3) is 0 Å². The summed E-state index contributed by atoms with van der Waals surface area (Å²) in [5.41, 5.74) is 0.712. The smallest absolute Gasteiger partial charge is 0.0729 e. The van der Waals surface area contributed by atoms with Crippen molar-refractivity contribution in [3.05, 3.63) is 51.1 Å². The molecule has 0 atom stereocenters. The lowest BCUT2D eigenvalue weighted by atomic mass is 9.87. The molecule has 1 aromatic heterocycles. The van der Waals surface area contributed by atoms with Crippen molar-refractivity contribution in [2.45, 2.75) is 24.9 Å². The summed E-state index contributed by atoms with van der Waals surface area (Å²) in [5, 5.41) is 12.8. The Labute approximate surface area is 132 Å². The molecule has 1 saturated heterocycles. The Balaban J connectivity index is 1.62. The molecule has 1 N–H and O–H groups in total. The maximum atomic E-state index is 10.8. The van der Waals surface area contributed by atoms with Gasteiger partial charge in [-0.05, 0) is 47.0 Å². The Morgan fingerprint density at radius 2 is 1.90 bits per heavy atom. The van der Waals surface area contributed by atoms with Gasteiger partial charge in [-0.1, -0.05) is 18.2 Å². The fourth-order valence-corrected chi connectivity index (χ4v) is 4.35. The zero-order valence-corrected chi connectivity index (χ0v) is 13.7. The van der Waals surface area contributed by atoms with Crippen LogP contribution < -0.4 is 4.90 Å². The van der Waals surface area contributed by atoms with E-state index < -0.39 is 5.60 Å². The third kappa shape index (κ3) is 3.25. The van der Waals surface area contributed by atoms with Crippen LogP contribution in [0.2, 0.25) is 0 Å². The van der Waals surface area contributed by atoms with Gasteiger partial charge in [-0.2, -0.15) is 0 Å². The number of hydrogen-bond acceptors (Lipinski definition) is 3. The molecule has 1 fully saturated rings. The lowest BCUT2D eigenvalue weighted by Crippen LogP contribution is -2.45. The Bertz CT molecular complexity index is 561. The van der Waals surface area contributed by atoms with Crippen LogP contribution in [0.15, 0.2) is 46.3 Å². The van der Waals surface area contributed by atoms with Crippen molar-refractivity contribution < 1.29 is 5.11 Å². The van der Waals surface area contributed by atoms with E-state index in [2.05, 4.69) is 56.5 Å². The zero-order valence-electron chi connectivity index (χ0n) is 11.3. The van der Waals surface area contributed by atoms with Crippen LogP contribution >= 0.6 is 27.3 Å². The molecule has 20 heavy (non-hydrogen) atoms. The van der Waals surface area contributed by atoms with Crippen LogP contribution in [0.5, 0.6) is 0 Å². The number of anilines is 1. The third-order valence-corrected chi connectivity index (χ3v) is 5.64. The van der Waals surface area contributed by atoms with Crippen LogP contribution in [0.4, 0.5) is 5.69 Å². The van der Waals surface area contributed by atoms with Gasteiger partial charge in [-0.3, -0.25) is 0 Å². The molecule has 1 aliphatic rings. The summed E-state index contributed by atoms with van der Waals surface area (Å²) in [5.74, 6) is 0. The summed E-state index contributed by atoms with van der Waals surface area (Å²) in [6, 6.07) is 12.6. The lowest BCUT2D eigenvalue weighted by Gasteiger charge is -2.39. The molecule has 1 aliphatic heterocycles. The molecule has 2 heterocycles. The summed E-state index contributed by atoms with van der Waals surface area (Å²) in [7, 11) is 0. The molecule has 3 rings (SSSR count). The summed E-state index contributed by atoms with van der Waals surface area (Å²) < 4.78 is 1.11. The Morgan fingerprint density at radius 3 is 2.50 bits per heavy atom. The van der Waals surface area contributed by atoms with Crippen LogP contribution in [0.1, 0.15) is 17.7 Å². The Morgan fingerprint density at radius 1 is 1.20 bits per heavy atom. The highest BCUT2D eigenvalue weighted by atomic mass is 79.9. The summed E-state index contributed by atoms with van der Waals surface area (Å²) in [6.07, 6.45) is 2.43. The van der Waals surface area contributed by atoms with Gasteiger partial charge >= 0.3 is 0 Å². The standard InChI is InChI=1S/C16H18BrNOS/c17-13-10-15(20-12-13)11-16(19)6-8-18(9-7-16)14-4-2-1-3-5-14/h1-5,10,12,19H,6-9,11H2. The van der Waals surface area contributed by atoms with Crippen LogP contribution in [0, 0.1) is 0 Å². The van der Waals surface area contributed by atoms with Gasteiger partial charge in [0.25, 0.3) is 0 Å². The Hall–Kier alpha value is -0.840. The van der Waals surface area contributed by atoms with E-state index in [0.29, 0.717) is 0 Å². The second-order valence-corrected chi connectivity index (χ2v) is 7.37. The quantitative estimate of drug-likeness (QED) is 0.900. The van der Waals surface area contributed by atoms with Gasteiger partial charge in [0.2, 0.25) is 0 Å². The Kier molecular flexibility index (Phi) is 4.15. The van der Waals surface area contributed by atoms with Gasteiger partial charge in [0.15, 0.2) is 0 Å². The van der Waals surface area contributed by atoms with Gasteiger partial charge in [0, 0.05) is 39.9 Å². The number of halogens is 1. The van der Waals surface area contributed by atoms with E-state index in [1.165, 1.54) is 10.6 Å². The third-order valence-electron chi connectivity index (χ3n) is 3.94. The molecule has 0 unspecified atom stereocenters. The van der Waals surface area contributed by atoms with E-state index >= 15 is 0 Å². The fraction of sp³-hybridized carbons (Fsp3) is 0.375. The molecular weight excluding hydrogens is 334 g/mol. The molecule has 2 aromatic rings. The predicted molar refractivity (Wildman–Crippen MR) is 88.6 cm³/mol. The SMILES string of the molecule is OC1(Cc2cc(Br)cs2)CCN(c2ccccc2)CC1. The molecule has 0 radical (unpaired) electrons. The van der Waals surface area contributed by atoms with Gasteiger partial charge < -0.3 is 10.0 Å². The molecular formula is C16H18BrNOS. The van der Waals surface area contributed by atoms with E-state index in [9.17, 15) is 5.11 Å². The number of nitrogens with zero attached hydrogens (tertiary/aromatic N) is 1. The molecule has 0 amide bonds. The summed E-state index contributed by atoms with van der Waals surface area (Å²) in [6.45, 7) is 1.85. The molecule has 106 valence electrons. The van der Waals surface area contributed by atoms with Gasteiger partial charge in [0.05, 0.1) is 5.60 Å². The highest BCUT2D eigenvalue weighted by Gasteiger charge is 2.32. The number of rotatable bonds is 3. The van der Waals surface area contributed by atoms with Crippen LogP contribution in [-0.4, -0.2) is 23.8 Å². The van der Waals surface area contributed by atoms with E-state index in [-0.39, 0.29) is 0 Å². The minimum atomic E-state index is -0.546. The first-order chi connectivity index (χ1) is 9.65. The molecule has 0 spiro atoms. The monoisotopic (exact) mass is 351 g/mol. The number of para-hydroxylation sites is 1. The minimum Gasteiger partial charge on any atom is -0.389 e. The zero-order chi connectivity index (χ0) is 14.0. The topological polar surface area (TPSA) is 23.5 Å². The second kappa shape index (κ2) is 5.88. The molecule has 1 aromatic carbocycles. The first-order valence-electron chi connectivity index (χ1n) is 6.90. The van der Waals surface area contributed by atoms with Crippen LogP contribution in [0.3, 0.4) is 0 Å². The molecule has 0 bridgehead atoms. The van der Waals surface area contributed by atoms with E-state index in [4.69, 9.17) is 0 Å². The minimum absolute atomic E-state index is 0.546. The number of piperidine rings is 1. The van der Waals surface area contributed by atoms with Gasteiger partial charge in [-0.15, -0.1) is 11.3 Å². The molecule has 2 nitrogen and oxygen atoms in total.